The van der Waals surface area contributed by atoms with Crippen molar-refractivity contribution in [2.24, 2.45) is 0 Å². The number of hydrogen-bond acceptors (Lipinski definition) is 2. The van der Waals surface area contributed by atoms with Crippen LogP contribution in [0.3, 0.4) is 0 Å². The Morgan fingerprint density at radius 1 is 0.340 bits per heavy atom. The van der Waals surface area contributed by atoms with Gasteiger partial charge >= 0.3 is 0 Å². The summed E-state index contributed by atoms with van der Waals surface area (Å²) in [6.07, 6.45) is 0. The molecule has 0 aliphatic rings. The summed E-state index contributed by atoms with van der Waals surface area (Å²) in [5, 5.41) is 12.2. The van der Waals surface area contributed by atoms with E-state index in [9.17, 15) is 0 Å². The van der Waals surface area contributed by atoms with Gasteiger partial charge in [0.15, 0.2) is 0 Å². The van der Waals surface area contributed by atoms with E-state index in [1.165, 1.54) is 96.6 Å². The largest absolute Gasteiger partial charge is 0.455 e. The molecule has 1 nitrogen and oxygen atoms in total. The zero-order valence-electron chi connectivity index (χ0n) is 27.0. The fourth-order valence-electron chi connectivity index (χ4n) is 8.29. The Bertz CT molecular complexity index is 3070. The summed E-state index contributed by atoms with van der Waals surface area (Å²) < 4.78 is 9.61. The minimum Gasteiger partial charge on any atom is -0.455 e. The number of furan rings is 1. The second-order valence-corrected chi connectivity index (χ2v) is 14.2. The van der Waals surface area contributed by atoms with E-state index in [2.05, 4.69) is 170 Å². The van der Waals surface area contributed by atoms with Gasteiger partial charge in [0.2, 0.25) is 0 Å². The summed E-state index contributed by atoms with van der Waals surface area (Å²) in [7, 11) is 0. The van der Waals surface area contributed by atoms with E-state index in [1.807, 2.05) is 11.3 Å². The third-order valence-electron chi connectivity index (χ3n) is 10.5. The average Bonchev–Trinajstić information content (AvgIpc) is 3.75. The molecule has 0 bridgehead atoms. The maximum Gasteiger partial charge on any atom is 0.144 e. The first kappa shape index (κ1) is 27.7. The molecule has 2 aromatic heterocycles. The second kappa shape index (κ2) is 10.6. The van der Waals surface area contributed by atoms with E-state index >= 15 is 0 Å². The van der Waals surface area contributed by atoms with Gasteiger partial charge in [-0.05, 0) is 72.8 Å². The van der Waals surface area contributed by atoms with Crippen LogP contribution in [0.2, 0.25) is 0 Å². The van der Waals surface area contributed by atoms with Crippen LogP contribution >= 0.6 is 11.3 Å². The van der Waals surface area contributed by atoms with Crippen LogP contribution in [-0.4, -0.2) is 0 Å². The fourth-order valence-corrected chi connectivity index (χ4v) is 9.45. The number of rotatable bonds is 3. The summed E-state index contributed by atoms with van der Waals surface area (Å²) in [6.45, 7) is 0. The van der Waals surface area contributed by atoms with Crippen molar-refractivity contribution in [3.8, 4) is 33.4 Å². The lowest BCUT2D eigenvalue weighted by Crippen LogP contribution is -1.92. The van der Waals surface area contributed by atoms with Gasteiger partial charge in [0.05, 0.1) is 0 Å². The molecule has 0 saturated heterocycles. The molecule has 232 valence electrons. The van der Waals surface area contributed by atoms with Gasteiger partial charge in [0, 0.05) is 42.1 Å². The smallest absolute Gasteiger partial charge is 0.144 e. The van der Waals surface area contributed by atoms with Gasteiger partial charge in [0.25, 0.3) is 0 Å². The molecule has 0 fully saturated rings. The minimum atomic E-state index is 0.922. The van der Waals surface area contributed by atoms with Crippen LogP contribution in [0.15, 0.2) is 174 Å². The van der Waals surface area contributed by atoms with Gasteiger partial charge in [-0.1, -0.05) is 152 Å². The molecular weight excluding hydrogens is 625 g/mol. The summed E-state index contributed by atoms with van der Waals surface area (Å²) in [6, 6.07) is 61.8. The molecule has 0 amide bonds. The number of fused-ring (bicyclic) bond motifs is 10. The molecule has 9 aromatic carbocycles. The van der Waals surface area contributed by atoms with Crippen molar-refractivity contribution >= 4 is 85.8 Å². The Kier molecular flexibility index (Phi) is 5.89. The summed E-state index contributed by atoms with van der Waals surface area (Å²) in [5.41, 5.74) is 9.18. The zero-order valence-corrected chi connectivity index (χ0v) is 27.8. The first-order valence-corrected chi connectivity index (χ1v) is 17.9. The first-order chi connectivity index (χ1) is 24.8. The predicted molar refractivity (Wildman–Crippen MR) is 215 cm³/mol. The van der Waals surface area contributed by atoms with E-state index in [0.29, 0.717) is 0 Å². The highest BCUT2D eigenvalue weighted by Gasteiger charge is 2.25. The second-order valence-electron chi connectivity index (χ2n) is 13.1. The lowest BCUT2D eigenvalue weighted by atomic mass is 9.84. The van der Waals surface area contributed by atoms with Gasteiger partial charge in [0.1, 0.15) is 11.2 Å². The van der Waals surface area contributed by atoms with Crippen LogP contribution in [0, 0.1) is 0 Å². The Morgan fingerprint density at radius 2 is 0.900 bits per heavy atom. The monoisotopic (exact) mass is 652 g/mol. The van der Waals surface area contributed by atoms with Crippen LogP contribution in [0.5, 0.6) is 0 Å². The molecule has 2 heteroatoms. The maximum atomic E-state index is 7.05. The highest BCUT2D eigenvalue weighted by molar-refractivity contribution is 7.26. The van der Waals surface area contributed by atoms with Gasteiger partial charge in [-0.15, -0.1) is 11.3 Å². The Balaban J connectivity index is 1.30. The maximum absolute atomic E-state index is 7.05. The Labute approximate surface area is 292 Å². The molecule has 0 radical (unpaired) electrons. The van der Waals surface area contributed by atoms with Crippen molar-refractivity contribution in [1.82, 2.24) is 0 Å². The highest BCUT2D eigenvalue weighted by Crippen LogP contribution is 2.52. The third-order valence-corrected chi connectivity index (χ3v) is 11.6. The quantitative estimate of drug-likeness (QED) is 0.173. The normalized spacial score (nSPS) is 12.0. The standard InChI is InChI=1S/C48H28OS/c1-2-12-29(13-3-1)30-22-24-32(25-23-30)43-34-16-6-8-18-36(34)45(37-19-9-7-17-35(37)43)47-46-38-20-10-11-21-41(38)50-42(46)28-39-44-33-15-5-4-14-31(33)26-27-40(44)49-48(39)47/h1-28H. The molecule has 0 saturated carbocycles. The summed E-state index contributed by atoms with van der Waals surface area (Å²) in [4.78, 5) is 0. The first-order valence-electron chi connectivity index (χ1n) is 17.1. The highest BCUT2D eigenvalue weighted by atomic mass is 32.1. The third kappa shape index (κ3) is 3.94. The molecule has 11 aromatic rings. The molecule has 50 heavy (non-hydrogen) atoms. The molecule has 0 unspecified atom stereocenters. The van der Waals surface area contributed by atoms with E-state index in [1.54, 1.807) is 0 Å². The topological polar surface area (TPSA) is 13.1 Å². The van der Waals surface area contributed by atoms with E-state index in [-0.39, 0.29) is 0 Å². The van der Waals surface area contributed by atoms with Gasteiger partial charge in [-0.25, -0.2) is 0 Å². The van der Waals surface area contributed by atoms with Gasteiger partial charge in [-0.3, -0.25) is 0 Å². The molecule has 2 heterocycles. The summed E-state index contributed by atoms with van der Waals surface area (Å²) >= 11 is 1.87. The van der Waals surface area contributed by atoms with Crippen molar-refractivity contribution in [1.29, 1.82) is 0 Å². The Hall–Kier alpha value is -6.22. The minimum absolute atomic E-state index is 0.922. The molecule has 0 aliphatic carbocycles. The van der Waals surface area contributed by atoms with Crippen LogP contribution in [0.25, 0.3) is 108 Å². The van der Waals surface area contributed by atoms with Crippen LogP contribution in [-0.2, 0) is 0 Å². The SMILES string of the molecule is c1ccc(-c2ccc(-c3c4ccccc4c(-c4c5oc6ccc7ccccc7c6c5cc5sc6ccccc6c45)c4ccccc34)cc2)cc1. The molecule has 0 aliphatic heterocycles. The van der Waals surface area contributed by atoms with Crippen molar-refractivity contribution in [2.45, 2.75) is 0 Å². The molecular formula is C48H28OS. The number of thiophene rings is 1. The zero-order chi connectivity index (χ0) is 32.8. The number of benzene rings is 9. The van der Waals surface area contributed by atoms with Crippen LogP contribution in [0.4, 0.5) is 0 Å². The van der Waals surface area contributed by atoms with Gasteiger partial charge in [-0.2, -0.15) is 0 Å². The van der Waals surface area contributed by atoms with Crippen LogP contribution in [0.1, 0.15) is 0 Å². The number of hydrogen-bond donors (Lipinski definition) is 0. The lowest BCUT2D eigenvalue weighted by molar-refractivity contribution is 0.671. The van der Waals surface area contributed by atoms with E-state index in [4.69, 9.17) is 4.42 Å². The summed E-state index contributed by atoms with van der Waals surface area (Å²) in [5.74, 6) is 0. The van der Waals surface area contributed by atoms with Crippen molar-refractivity contribution in [3.63, 3.8) is 0 Å². The molecule has 0 atom stereocenters. The van der Waals surface area contributed by atoms with Gasteiger partial charge < -0.3 is 4.42 Å². The van der Waals surface area contributed by atoms with Crippen molar-refractivity contribution < 1.29 is 4.42 Å². The van der Waals surface area contributed by atoms with Crippen molar-refractivity contribution in [2.75, 3.05) is 0 Å². The predicted octanol–water partition coefficient (Wildman–Crippen LogP) is 14.4. The fraction of sp³-hybridized carbons (Fsp3) is 0. The van der Waals surface area contributed by atoms with E-state index < -0.39 is 0 Å². The Morgan fingerprint density at radius 3 is 1.62 bits per heavy atom. The van der Waals surface area contributed by atoms with Crippen LogP contribution < -0.4 is 0 Å². The van der Waals surface area contributed by atoms with Crippen molar-refractivity contribution in [3.05, 3.63) is 170 Å². The molecule has 0 N–H and O–H groups in total. The van der Waals surface area contributed by atoms with E-state index in [0.717, 1.165) is 11.2 Å². The molecule has 0 spiro atoms. The average molecular weight is 653 g/mol. The lowest BCUT2D eigenvalue weighted by Gasteiger charge is -2.19. The molecule has 11 rings (SSSR count).